The summed E-state index contributed by atoms with van der Waals surface area (Å²) >= 11 is 0. The maximum Gasteiger partial charge on any atom is 0.319 e. The van der Waals surface area contributed by atoms with Crippen LogP contribution >= 0.6 is 0 Å². The number of unbranched alkanes of at least 4 members (excludes halogenated alkanes) is 3. The minimum atomic E-state index is -0.331. The molecule has 1 fully saturated rings. The molecule has 1 heterocycles. The van der Waals surface area contributed by atoms with Crippen LogP contribution in [0.4, 0.5) is 10.5 Å². The van der Waals surface area contributed by atoms with E-state index in [4.69, 9.17) is 0 Å². The van der Waals surface area contributed by atoms with E-state index in [0.717, 1.165) is 25.7 Å². The Bertz CT molecular complexity index is 651. The molecule has 1 aromatic carbocycles. The molecule has 7 nitrogen and oxygen atoms in total. The number of amides is 4. The van der Waals surface area contributed by atoms with Gasteiger partial charge in [0, 0.05) is 38.3 Å². The van der Waals surface area contributed by atoms with Crippen LogP contribution in [0.15, 0.2) is 30.3 Å². The first kappa shape index (κ1) is 22.7. The maximum atomic E-state index is 12.5. The van der Waals surface area contributed by atoms with Crippen molar-refractivity contribution in [3.63, 3.8) is 0 Å². The SMILES string of the molecule is CCCCCCNC(=O)C1CCCN(C(=O)CCNC(=O)Nc2ccccc2)C1. The van der Waals surface area contributed by atoms with E-state index in [0.29, 0.717) is 25.3 Å². The van der Waals surface area contributed by atoms with Gasteiger partial charge in [0.2, 0.25) is 11.8 Å². The minimum absolute atomic E-state index is 0.0227. The molecule has 0 aliphatic carbocycles. The molecule has 0 radical (unpaired) electrons. The van der Waals surface area contributed by atoms with Crippen LogP contribution in [0.3, 0.4) is 0 Å². The standard InChI is InChI=1S/C22H34N4O3/c1-2-3-4-8-14-23-21(28)18-10-9-16-26(17-18)20(27)13-15-24-22(29)25-19-11-6-5-7-12-19/h5-7,11-12,18H,2-4,8-10,13-17H2,1H3,(H,23,28)(H2,24,25,29). The van der Waals surface area contributed by atoms with E-state index in [-0.39, 0.29) is 36.7 Å². The maximum absolute atomic E-state index is 12.5. The average molecular weight is 403 g/mol. The van der Waals surface area contributed by atoms with Crippen molar-refractivity contribution in [2.75, 3.05) is 31.5 Å². The Morgan fingerprint density at radius 3 is 2.59 bits per heavy atom. The van der Waals surface area contributed by atoms with Gasteiger partial charge in [0.25, 0.3) is 0 Å². The smallest absolute Gasteiger partial charge is 0.319 e. The first-order chi connectivity index (χ1) is 14.1. The quantitative estimate of drug-likeness (QED) is 0.525. The summed E-state index contributed by atoms with van der Waals surface area (Å²) in [6.07, 6.45) is 6.40. The van der Waals surface area contributed by atoms with Crippen LogP contribution < -0.4 is 16.0 Å². The second-order valence-electron chi connectivity index (χ2n) is 7.53. The molecule has 3 N–H and O–H groups in total. The molecule has 160 valence electrons. The van der Waals surface area contributed by atoms with Crippen molar-refractivity contribution in [3.8, 4) is 0 Å². The van der Waals surface area contributed by atoms with E-state index in [1.807, 2.05) is 18.2 Å². The molecular formula is C22H34N4O3. The molecule has 0 aromatic heterocycles. The summed E-state index contributed by atoms with van der Waals surface area (Å²) in [5, 5.41) is 8.43. The van der Waals surface area contributed by atoms with E-state index in [2.05, 4.69) is 22.9 Å². The Hall–Kier alpha value is -2.57. The number of para-hydroxylation sites is 1. The summed E-state index contributed by atoms with van der Waals surface area (Å²) in [6, 6.07) is 8.82. The molecule has 1 aliphatic rings. The van der Waals surface area contributed by atoms with Gasteiger partial charge in [0.1, 0.15) is 0 Å². The lowest BCUT2D eigenvalue weighted by molar-refractivity contribution is -0.135. The Balaban J connectivity index is 1.65. The van der Waals surface area contributed by atoms with Crippen LogP contribution in [0, 0.1) is 5.92 Å². The topological polar surface area (TPSA) is 90.5 Å². The highest BCUT2D eigenvalue weighted by Gasteiger charge is 2.27. The molecule has 1 atom stereocenters. The number of benzene rings is 1. The molecule has 0 spiro atoms. The fourth-order valence-electron chi connectivity index (χ4n) is 3.46. The Morgan fingerprint density at radius 2 is 1.83 bits per heavy atom. The normalized spacial score (nSPS) is 16.2. The molecule has 0 bridgehead atoms. The lowest BCUT2D eigenvalue weighted by atomic mass is 9.96. The Labute approximate surface area is 173 Å². The third-order valence-corrected chi connectivity index (χ3v) is 5.13. The second kappa shape index (κ2) is 12.8. The summed E-state index contributed by atoms with van der Waals surface area (Å²) in [5.74, 6) is -0.0990. The number of likely N-dealkylation sites (tertiary alicyclic amines) is 1. The summed E-state index contributed by atoms with van der Waals surface area (Å²) < 4.78 is 0. The summed E-state index contributed by atoms with van der Waals surface area (Å²) in [7, 11) is 0. The molecule has 1 unspecified atom stereocenters. The fourth-order valence-corrected chi connectivity index (χ4v) is 3.46. The van der Waals surface area contributed by atoms with Gasteiger partial charge in [-0.05, 0) is 31.4 Å². The highest BCUT2D eigenvalue weighted by atomic mass is 16.2. The van der Waals surface area contributed by atoms with E-state index in [9.17, 15) is 14.4 Å². The number of carbonyl (C=O) groups excluding carboxylic acids is 3. The number of nitrogens with zero attached hydrogens (tertiary/aromatic N) is 1. The molecule has 1 aromatic rings. The van der Waals surface area contributed by atoms with E-state index < -0.39 is 0 Å². The van der Waals surface area contributed by atoms with Gasteiger partial charge in [-0.15, -0.1) is 0 Å². The van der Waals surface area contributed by atoms with Gasteiger partial charge in [-0.25, -0.2) is 4.79 Å². The van der Waals surface area contributed by atoms with Crippen molar-refractivity contribution in [2.24, 2.45) is 5.92 Å². The number of piperidine rings is 1. The van der Waals surface area contributed by atoms with Crippen LogP contribution in [-0.2, 0) is 9.59 Å². The summed E-state index contributed by atoms with van der Waals surface area (Å²) in [5.41, 5.74) is 0.705. The van der Waals surface area contributed by atoms with Crippen molar-refractivity contribution < 1.29 is 14.4 Å². The van der Waals surface area contributed by atoms with Crippen molar-refractivity contribution in [1.82, 2.24) is 15.5 Å². The summed E-state index contributed by atoms with van der Waals surface area (Å²) in [6.45, 7) is 4.29. The predicted molar refractivity (Wildman–Crippen MR) is 115 cm³/mol. The molecule has 1 saturated heterocycles. The lowest BCUT2D eigenvalue weighted by Crippen LogP contribution is -2.46. The van der Waals surface area contributed by atoms with Crippen LogP contribution in [0.2, 0.25) is 0 Å². The molecule has 7 heteroatoms. The fraction of sp³-hybridized carbons (Fsp3) is 0.591. The summed E-state index contributed by atoms with van der Waals surface area (Å²) in [4.78, 5) is 38.5. The number of carbonyl (C=O) groups is 3. The first-order valence-corrected chi connectivity index (χ1v) is 10.8. The zero-order chi connectivity index (χ0) is 20.9. The monoisotopic (exact) mass is 402 g/mol. The Morgan fingerprint density at radius 1 is 1.03 bits per heavy atom. The molecule has 29 heavy (non-hydrogen) atoms. The van der Waals surface area contributed by atoms with E-state index in [1.54, 1.807) is 17.0 Å². The highest BCUT2D eigenvalue weighted by molar-refractivity contribution is 5.89. The minimum Gasteiger partial charge on any atom is -0.356 e. The lowest BCUT2D eigenvalue weighted by Gasteiger charge is -2.32. The second-order valence-corrected chi connectivity index (χ2v) is 7.53. The van der Waals surface area contributed by atoms with Gasteiger partial charge in [0.05, 0.1) is 5.92 Å². The van der Waals surface area contributed by atoms with Gasteiger partial charge >= 0.3 is 6.03 Å². The molecule has 2 rings (SSSR count). The molecule has 4 amide bonds. The zero-order valence-corrected chi connectivity index (χ0v) is 17.4. The van der Waals surface area contributed by atoms with Crippen LogP contribution in [-0.4, -0.2) is 48.9 Å². The molecular weight excluding hydrogens is 368 g/mol. The van der Waals surface area contributed by atoms with Gasteiger partial charge in [-0.2, -0.15) is 0 Å². The van der Waals surface area contributed by atoms with E-state index in [1.165, 1.54) is 12.8 Å². The average Bonchev–Trinajstić information content (AvgIpc) is 2.74. The number of hydrogen-bond donors (Lipinski definition) is 3. The number of urea groups is 1. The van der Waals surface area contributed by atoms with E-state index >= 15 is 0 Å². The Kier molecular flexibility index (Phi) is 10.0. The van der Waals surface area contributed by atoms with Gasteiger partial charge in [-0.1, -0.05) is 44.4 Å². The molecule has 0 saturated carbocycles. The van der Waals surface area contributed by atoms with Gasteiger partial charge in [-0.3, -0.25) is 9.59 Å². The third-order valence-electron chi connectivity index (χ3n) is 5.13. The highest BCUT2D eigenvalue weighted by Crippen LogP contribution is 2.17. The van der Waals surface area contributed by atoms with Crippen LogP contribution in [0.25, 0.3) is 0 Å². The number of nitrogens with one attached hydrogen (secondary N) is 3. The molecule has 1 aliphatic heterocycles. The van der Waals surface area contributed by atoms with Gasteiger partial charge < -0.3 is 20.9 Å². The number of rotatable bonds is 10. The van der Waals surface area contributed by atoms with Crippen molar-refractivity contribution in [2.45, 2.75) is 51.9 Å². The third kappa shape index (κ3) is 8.54. The van der Waals surface area contributed by atoms with Crippen LogP contribution in [0.1, 0.15) is 51.9 Å². The number of anilines is 1. The van der Waals surface area contributed by atoms with Crippen molar-refractivity contribution in [1.29, 1.82) is 0 Å². The van der Waals surface area contributed by atoms with Crippen molar-refractivity contribution >= 4 is 23.5 Å². The predicted octanol–water partition coefficient (Wildman–Crippen LogP) is 3.13. The largest absolute Gasteiger partial charge is 0.356 e. The first-order valence-electron chi connectivity index (χ1n) is 10.8. The van der Waals surface area contributed by atoms with Crippen LogP contribution in [0.5, 0.6) is 0 Å². The van der Waals surface area contributed by atoms with Crippen molar-refractivity contribution in [3.05, 3.63) is 30.3 Å². The van der Waals surface area contributed by atoms with Gasteiger partial charge in [0.15, 0.2) is 0 Å². The number of hydrogen-bond acceptors (Lipinski definition) is 3. The zero-order valence-electron chi connectivity index (χ0n) is 17.4.